The number of carbonyl (C=O) groups is 1. The van der Waals surface area contributed by atoms with E-state index in [1.807, 2.05) is 20.8 Å². The molecule has 0 spiro atoms. The first kappa shape index (κ1) is 13.4. The monoisotopic (exact) mass is 237 g/mol. The van der Waals surface area contributed by atoms with Crippen molar-refractivity contribution in [2.24, 2.45) is 0 Å². The molecule has 0 fully saturated rings. The van der Waals surface area contributed by atoms with Crippen LogP contribution < -0.4 is 4.74 Å². The van der Waals surface area contributed by atoms with Crippen molar-refractivity contribution in [1.29, 1.82) is 0 Å². The largest absolute Gasteiger partial charge is 0.508 e. The maximum absolute atomic E-state index is 11.8. The van der Waals surface area contributed by atoms with Crippen molar-refractivity contribution in [3.63, 3.8) is 0 Å². The quantitative estimate of drug-likeness (QED) is 0.858. The van der Waals surface area contributed by atoms with E-state index in [0.29, 0.717) is 11.3 Å². The van der Waals surface area contributed by atoms with Crippen LogP contribution >= 0.6 is 0 Å². The van der Waals surface area contributed by atoms with Crippen molar-refractivity contribution >= 4 is 5.91 Å². The summed E-state index contributed by atoms with van der Waals surface area (Å²) in [5, 5.41) is 9.57. The van der Waals surface area contributed by atoms with Crippen molar-refractivity contribution in [1.82, 2.24) is 4.90 Å². The Labute approximate surface area is 102 Å². The van der Waals surface area contributed by atoms with E-state index in [-0.39, 0.29) is 17.3 Å². The van der Waals surface area contributed by atoms with E-state index in [4.69, 9.17) is 4.74 Å². The molecule has 1 aromatic carbocycles. The molecule has 94 valence electrons. The lowest BCUT2D eigenvalue weighted by Crippen LogP contribution is -2.24. The summed E-state index contributed by atoms with van der Waals surface area (Å²) in [6, 6.07) is 4.56. The van der Waals surface area contributed by atoms with E-state index in [1.165, 1.54) is 17.0 Å². The average molecular weight is 237 g/mol. The first-order valence-corrected chi connectivity index (χ1v) is 5.44. The zero-order chi connectivity index (χ0) is 13.2. The summed E-state index contributed by atoms with van der Waals surface area (Å²) in [6.07, 6.45) is 0. The van der Waals surface area contributed by atoms with Gasteiger partial charge in [-0.25, -0.2) is 0 Å². The zero-order valence-electron chi connectivity index (χ0n) is 10.9. The zero-order valence-corrected chi connectivity index (χ0v) is 10.9. The lowest BCUT2D eigenvalue weighted by molar-refractivity contribution is 0.0824. The highest BCUT2D eigenvalue weighted by Crippen LogP contribution is 2.25. The Morgan fingerprint density at radius 3 is 2.29 bits per heavy atom. The van der Waals surface area contributed by atoms with E-state index in [2.05, 4.69) is 0 Å². The Balaban J connectivity index is 3.07. The summed E-state index contributed by atoms with van der Waals surface area (Å²) in [4.78, 5) is 13.2. The molecular formula is C13H19NO3. The Kier molecular flexibility index (Phi) is 3.66. The topological polar surface area (TPSA) is 49.8 Å². The van der Waals surface area contributed by atoms with Gasteiger partial charge in [-0.05, 0) is 32.9 Å². The van der Waals surface area contributed by atoms with Gasteiger partial charge in [0.25, 0.3) is 5.91 Å². The van der Waals surface area contributed by atoms with Crippen molar-refractivity contribution in [2.45, 2.75) is 26.4 Å². The third-order valence-corrected chi connectivity index (χ3v) is 1.97. The third kappa shape index (κ3) is 3.98. The second kappa shape index (κ2) is 4.65. The summed E-state index contributed by atoms with van der Waals surface area (Å²) < 4.78 is 5.62. The van der Waals surface area contributed by atoms with Crippen molar-refractivity contribution in [3.05, 3.63) is 23.8 Å². The highest BCUT2D eigenvalue weighted by Gasteiger charge is 2.15. The number of nitrogens with zero attached hydrogens (tertiary/aromatic N) is 1. The molecule has 1 rings (SSSR count). The summed E-state index contributed by atoms with van der Waals surface area (Å²) in [7, 11) is 3.33. The highest BCUT2D eigenvalue weighted by molar-refractivity contribution is 5.94. The summed E-state index contributed by atoms with van der Waals surface area (Å²) in [5.74, 6) is 0.347. The molecule has 0 heterocycles. The number of phenols is 1. The Morgan fingerprint density at radius 2 is 1.82 bits per heavy atom. The van der Waals surface area contributed by atoms with Crippen LogP contribution in [0.3, 0.4) is 0 Å². The van der Waals surface area contributed by atoms with Crippen LogP contribution in [-0.2, 0) is 0 Å². The number of benzene rings is 1. The molecule has 0 aliphatic heterocycles. The van der Waals surface area contributed by atoms with Crippen LogP contribution in [-0.4, -0.2) is 35.6 Å². The van der Waals surface area contributed by atoms with Gasteiger partial charge < -0.3 is 14.7 Å². The van der Waals surface area contributed by atoms with Gasteiger partial charge in [0.05, 0.1) is 0 Å². The van der Waals surface area contributed by atoms with Crippen molar-refractivity contribution < 1.29 is 14.6 Å². The molecule has 0 radical (unpaired) electrons. The van der Waals surface area contributed by atoms with E-state index in [9.17, 15) is 9.90 Å². The van der Waals surface area contributed by atoms with Crippen LogP contribution in [0.1, 0.15) is 31.1 Å². The van der Waals surface area contributed by atoms with Crippen LogP contribution in [0.5, 0.6) is 11.5 Å². The number of carbonyl (C=O) groups excluding carboxylic acids is 1. The number of rotatable bonds is 2. The van der Waals surface area contributed by atoms with Crippen molar-refractivity contribution in [2.75, 3.05) is 14.1 Å². The summed E-state index contributed by atoms with van der Waals surface area (Å²) in [5.41, 5.74) is 0.0425. The number of hydrogen-bond donors (Lipinski definition) is 1. The average Bonchev–Trinajstić information content (AvgIpc) is 2.12. The third-order valence-electron chi connectivity index (χ3n) is 1.97. The number of amides is 1. The molecule has 0 aliphatic carbocycles. The lowest BCUT2D eigenvalue weighted by Gasteiger charge is -2.22. The molecule has 4 nitrogen and oxygen atoms in total. The van der Waals surface area contributed by atoms with Gasteiger partial charge in [0, 0.05) is 25.7 Å². The number of hydrogen-bond acceptors (Lipinski definition) is 3. The predicted molar refractivity (Wildman–Crippen MR) is 66.5 cm³/mol. The van der Waals surface area contributed by atoms with Crippen LogP contribution in [0.4, 0.5) is 0 Å². The molecule has 0 atom stereocenters. The predicted octanol–water partition coefficient (Wildman–Crippen LogP) is 2.27. The molecule has 1 aromatic rings. The minimum absolute atomic E-state index is 0.0250. The van der Waals surface area contributed by atoms with Gasteiger partial charge in [-0.2, -0.15) is 0 Å². The molecular weight excluding hydrogens is 218 g/mol. The minimum Gasteiger partial charge on any atom is -0.508 e. The molecule has 0 saturated carbocycles. The van der Waals surface area contributed by atoms with E-state index < -0.39 is 0 Å². The second-order valence-corrected chi connectivity index (χ2v) is 5.13. The fourth-order valence-corrected chi connectivity index (χ4v) is 1.38. The van der Waals surface area contributed by atoms with Crippen LogP contribution in [0.15, 0.2) is 18.2 Å². The molecule has 17 heavy (non-hydrogen) atoms. The summed E-state index contributed by atoms with van der Waals surface area (Å²) in [6.45, 7) is 5.72. The van der Waals surface area contributed by atoms with E-state index in [0.717, 1.165) is 0 Å². The number of ether oxygens (including phenoxy) is 1. The molecule has 1 N–H and O–H groups in total. The van der Waals surface area contributed by atoms with E-state index in [1.54, 1.807) is 20.2 Å². The van der Waals surface area contributed by atoms with Gasteiger partial charge in [0.1, 0.15) is 17.1 Å². The molecule has 0 unspecified atom stereocenters. The van der Waals surface area contributed by atoms with Gasteiger partial charge in [0.15, 0.2) is 0 Å². The number of phenolic OH excluding ortho intramolecular Hbond substituents is 1. The molecule has 0 bridgehead atoms. The van der Waals surface area contributed by atoms with Crippen LogP contribution in [0, 0.1) is 0 Å². The van der Waals surface area contributed by atoms with Crippen LogP contribution in [0.2, 0.25) is 0 Å². The molecule has 0 saturated heterocycles. The number of aromatic hydroxyl groups is 1. The first-order valence-electron chi connectivity index (χ1n) is 5.44. The molecule has 4 heteroatoms. The van der Waals surface area contributed by atoms with Gasteiger partial charge in [0.2, 0.25) is 0 Å². The van der Waals surface area contributed by atoms with E-state index >= 15 is 0 Å². The van der Waals surface area contributed by atoms with Crippen LogP contribution in [0.25, 0.3) is 0 Å². The van der Waals surface area contributed by atoms with Gasteiger partial charge in [-0.1, -0.05) is 0 Å². The van der Waals surface area contributed by atoms with Gasteiger partial charge in [-0.15, -0.1) is 0 Å². The molecule has 0 aliphatic rings. The molecule has 1 amide bonds. The SMILES string of the molecule is CN(C)C(=O)c1cc(O)cc(OC(C)(C)C)c1. The maximum atomic E-state index is 11.8. The molecule has 0 aromatic heterocycles. The van der Waals surface area contributed by atoms with Gasteiger partial charge >= 0.3 is 0 Å². The Bertz CT molecular complexity index is 419. The second-order valence-electron chi connectivity index (χ2n) is 5.13. The normalized spacial score (nSPS) is 11.1. The fourth-order valence-electron chi connectivity index (χ4n) is 1.38. The minimum atomic E-state index is -0.369. The maximum Gasteiger partial charge on any atom is 0.253 e. The lowest BCUT2D eigenvalue weighted by atomic mass is 10.1. The van der Waals surface area contributed by atoms with Crippen molar-refractivity contribution in [3.8, 4) is 11.5 Å². The first-order chi connectivity index (χ1) is 7.69. The van der Waals surface area contributed by atoms with Gasteiger partial charge in [-0.3, -0.25) is 4.79 Å². The standard InChI is InChI=1S/C13H19NO3/c1-13(2,3)17-11-7-9(6-10(15)8-11)12(16)14(4)5/h6-8,15H,1-5H3. The smallest absolute Gasteiger partial charge is 0.253 e. The fraction of sp³-hybridized carbons (Fsp3) is 0.462. The highest BCUT2D eigenvalue weighted by atomic mass is 16.5. The summed E-state index contributed by atoms with van der Waals surface area (Å²) >= 11 is 0. The Hall–Kier alpha value is -1.71. The Morgan fingerprint density at radius 1 is 1.24 bits per heavy atom.